The van der Waals surface area contributed by atoms with E-state index in [4.69, 9.17) is 15.5 Å². The van der Waals surface area contributed by atoms with Crippen molar-refractivity contribution in [3.63, 3.8) is 0 Å². The molecule has 2 heterocycles. The Kier molecular flexibility index (Phi) is 8.08. The number of nitrogens with zero attached hydrogens (tertiary/aromatic N) is 2. The van der Waals surface area contributed by atoms with Crippen LogP contribution in [0.5, 0.6) is 5.75 Å². The van der Waals surface area contributed by atoms with E-state index >= 15 is 0 Å². The Labute approximate surface area is 229 Å². The molecule has 9 heteroatoms. The summed E-state index contributed by atoms with van der Waals surface area (Å²) >= 11 is 1.29. The van der Waals surface area contributed by atoms with E-state index in [9.17, 15) is 8.42 Å². The molecular formula is C29H34N4O3S2. The molecule has 7 nitrogen and oxygen atoms in total. The third-order valence-corrected chi connectivity index (χ3v) is 8.45. The van der Waals surface area contributed by atoms with Crippen molar-refractivity contribution in [2.45, 2.75) is 51.9 Å². The van der Waals surface area contributed by atoms with Gasteiger partial charge in [0.25, 0.3) is 10.0 Å². The summed E-state index contributed by atoms with van der Waals surface area (Å²) in [5.74, 6) is 1.15. The summed E-state index contributed by atoms with van der Waals surface area (Å²) in [7, 11) is -3.91. The highest BCUT2D eigenvalue weighted by Crippen LogP contribution is 2.42. The minimum atomic E-state index is -3.91. The van der Waals surface area contributed by atoms with Gasteiger partial charge < -0.3 is 10.5 Å². The first-order valence-electron chi connectivity index (χ1n) is 12.5. The zero-order valence-electron chi connectivity index (χ0n) is 22.4. The molecule has 0 aliphatic rings. The van der Waals surface area contributed by atoms with Crippen LogP contribution in [0.25, 0.3) is 21.7 Å². The fraction of sp³-hybridized carbons (Fsp3) is 0.310. The zero-order chi connectivity index (χ0) is 27.5. The maximum absolute atomic E-state index is 13.1. The van der Waals surface area contributed by atoms with Gasteiger partial charge in [-0.3, -0.25) is 4.72 Å². The van der Waals surface area contributed by atoms with Crippen LogP contribution in [0.4, 0.5) is 10.9 Å². The van der Waals surface area contributed by atoms with E-state index in [-0.39, 0.29) is 27.2 Å². The lowest BCUT2D eigenvalue weighted by molar-refractivity contribution is 0.243. The van der Waals surface area contributed by atoms with Crippen LogP contribution in [-0.2, 0) is 10.0 Å². The Hall–Kier alpha value is -3.43. The van der Waals surface area contributed by atoms with Crippen LogP contribution >= 0.6 is 11.3 Å². The normalized spacial score (nSPS) is 12.1. The third-order valence-electron chi connectivity index (χ3n) is 5.97. The number of anilines is 2. The molecule has 0 aliphatic carbocycles. The lowest BCUT2D eigenvalue weighted by Crippen LogP contribution is -2.13. The molecule has 2 aromatic heterocycles. The molecule has 38 heavy (non-hydrogen) atoms. The van der Waals surface area contributed by atoms with Crippen molar-refractivity contribution in [1.82, 2.24) is 9.97 Å². The summed E-state index contributed by atoms with van der Waals surface area (Å²) in [6.45, 7) is 11.4. The van der Waals surface area contributed by atoms with Crippen LogP contribution in [0.2, 0.25) is 0 Å². The lowest BCUT2D eigenvalue weighted by Gasteiger charge is -2.18. The van der Waals surface area contributed by atoms with Crippen LogP contribution in [0.3, 0.4) is 0 Å². The second-order valence-electron chi connectivity index (χ2n) is 10.6. The standard InChI is InChI=1S/C29H34N4O3S2/c1-19(2)23-11-6-7-12-24(23)26-27(20-9-8-10-21(17-20)36-16-14-29(3,4)5)37-28(32-26)33-38(34,35)22-13-15-31-25(30)18-22/h6-13,15,17-19H,14,16H2,1-5H3,(H2,30,31)(H,32,33). The number of rotatable bonds is 9. The van der Waals surface area contributed by atoms with E-state index in [2.05, 4.69) is 50.4 Å². The van der Waals surface area contributed by atoms with Crippen molar-refractivity contribution >= 4 is 32.3 Å². The third kappa shape index (κ3) is 6.71. The Bertz CT molecular complexity index is 1520. The van der Waals surface area contributed by atoms with Gasteiger partial charge in [0.05, 0.1) is 22.1 Å². The monoisotopic (exact) mass is 550 g/mol. The molecule has 3 N–H and O–H groups in total. The Balaban J connectivity index is 1.77. The van der Waals surface area contributed by atoms with Gasteiger partial charge in [-0.1, -0.05) is 82.4 Å². The highest BCUT2D eigenvalue weighted by molar-refractivity contribution is 7.93. The fourth-order valence-corrected chi connectivity index (χ4v) is 6.16. The predicted molar refractivity (Wildman–Crippen MR) is 156 cm³/mol. The molecule has 0 atom stereocenters. The Morgan fingerprint density at radius 3 is 2.53 bits per heavy atom. The van der Waals surface area contributed by atoms with Crippen molar-refractivity contribution in [2.24, 2.45) is 5.41 Å². The van der Waals surface area contributed by atoms with Crippen molar-refractivity contribution in [3.8, 4) is 27.4 Å². The number of nitrogens with two attached hydrogens (primary N) is 1. The van der Waals surface area contributed by atoms with Crippen molar-refractivity contribution in [2.75, 3.05) is 17.1 Å². The van der Waals surface area contributed by atoms with Gasteiger partial charge >= 0.3 is 0 Å². The lowest BCUT2D eigenvalue weighted by atomic mass is 9.93. The van der Waals surface area contributed by atoms with E-state index in [1.807, 2.05) is 42.5 Å². The number of aromatic nitrogens is 2. The van der Waals surface area contributed by atoms with Gasteiger partial charge in [0.2, 0.25) is 0 Å². The molecule has 0 bridgehead atoms. The van der Waals surface area contributed by atoms with Crippen LogP contribution < -0.4 is 15.2 Å². The molecule has 0 aliphatic heterocycles. The number of ether oxygens (including phenoxy) is 1. The molecule has 200 valence electrons. The maximum Gasteiger partial charge on any atom is 0.263 e. The smallest absolute Gasteiger partial charge is 0.263 e. The van der Waals surface area contributed by atoms with E-state index in [1.54, 1.807) is 0 Å². The number of pyridine rings is 1. The highest BCUT2D eigenvalue weighted by Gasteiger charge is 2.23. The number of nitrogen functional groups attached to an aromatic ring is 1. The van der Waals surface area contributed by atoms with Gasteiger partial charge in [-0.25, -0.2) is 18.4 Å². The summed E-state index contributed by atoms with van der Waals surface area (Å²) in [5.41, 5.74) is 9.62. The molecule has 0 amide bonds. The van der Waals surface area contributed by atoms with E-state index in [0.29, 0.717) is 6.61 Å². The zero-order valence-corrected chi connectivity index (χ0v) is 24.0. The van der Waals surface area contributed by atoms with Crippen molar-refractivity contribution in [1.29, 1.82) is 0 Å². The summed E-state index contributed by atoms with van der Waals surface area (Å²) in [5, 5.41) is 0.267. The SMILES string of the molecule is CC(C)c1ccccc1-c1nc(NS(=O)(=O)c2ccnc(N)c2)sc1-c1cccc(OCCC(C)(C)C)c1. The minimum absolute atomic E-state index is 0.0279. The number of sulfonamides is 1. The summed E-state index contributed by atoms with van der Waals surface area (Å²) in [6.07, 6.45) is 2.29. The van der Waals surface area contributed by atoms with Gasteiger partial charge in [0, 0.05) is 17.8 Å². The average Bonchev–Trinajstić information content (AvgIpc) is 3.26. The molecule has 0 spiro atoms. The van der Waals surface area contributed by atoms with Gasteiger partial charge in [-0.2, -0.15) is 0 Å². The topological polar surface area (TPSA) is 107 Å². The summed E-state index contributed by atoms with van der Waals surface area (Å²) in [6, 6.07) is 18.7. The second-order valence-corrected chi connectivity index (χ2v) is 13.3. The molecule has 2 aromatic carbocycles. The number of hydrogen-bond donors (Lipinski definition) is 2. The van der Waals surface area contributed by atoms with Crippen molar-refractivity contribution < 1.29 is 13.2 Å². The van der Waals surface area contributed by atoms with Crippen LogP contribution in [0.1, 0.15) is 52.5 Å². The molecule has 0 saturated carbocycles. The molecule has 0 radical (unpaired) electrons. The van der Waals surface area contributed by atoms with E-state index in [1.165, 1.54) is 29.7 Å². The average molecular weight is 551 g/mol. The van der Waals surface area contributed by atoms with Crippen molar-refractivity contribution in [3.05, 3.63) is 72.4 Å². The first kappa shape index (κ1) is 27.6. The van der Waals surface area contributed by atoms with Gasteiger partial charge in [-0.05, 0) is 47.1 Å². The first-order chi connectivity index (χ1) is 17.9. The molecular weight excluding hydrogens is 516 g/mol. The predicted octanol–water partition coefficient (Wildman–Crippen LogP) is 7.19. The number of benzene rings is 2. The molecule has 0 saturated heterocycles. The molecule has 4 aromatic rings. The molecule has 0 fully saturated rings. The largest absolute Gasteiger partial charge is 0.494 e. The number of hydrogen-bond acceptors (Lipinski definition) is 7. The van der Waals surface area contributed by atoms with Gasteiger partial charge in [-0.15, -0.1) is 0 Å². The first-order valence-corrected chi connectivity index (χ1v) is 14.8. The van der Waals surface area contributed by atoms with Crippen LogP contribution in [0, 0.1) is 5.41 Å². The van der Waals surface area contributed by atoms with Crippen LogP contribution in [-0.4, -0.2) is 25.0 Å². The molecule has 0 unspecified atom stereocenters. The van der Waals surface area contributed by atoms with E-state index in [0.717, 1.165) is 39.4 Å². The maximum atomic E-state index is 13.1. The Morgan fingerprint density at radius 2 is 1.82 bits per heavy atom. The van der Waals surface area contributed by atoms with Crippen LogP contribution in [0.15, 0.2) is 71.8 Å². The fourth-order valence-electron chi connectivity index (χ4n) is 3.93. The van der Waals surface area contributed by atoms with Gasteiger partial charge in [0.15, 0.2) is 5.13 Å². The summed E-state index contributed by atoms with van der Waals surface area (Å²) in [4.78, 5) is 9.57. The number of nitrogens with one attached hydrogen (secondary N) is 1. The highest BCUT2D eigenvalue weighted by atomic mass is 32.2. The second kappa shape index (κ2) is 11.1. The minimum Gasteiger partial charge on any atom is -0.494 e. The summed E-state index contributed by atoms with van der Waals surface area (Å²) < 4.78 is 35.0. The molecule has 4 rings (SSSR count). The van der Waals surface area contributed by atoms with Gasteiger partial charge in [0.1, 0.15) is 11.6 Å². The number of thiazole rings is 1. The Morgan fingerprint density at radius 1 is 1.05 bits per heavy atom. The van der Waals surface area contributed by atoms with E-state index < -0.39 is 10.0 Å². The quantitative estimate of drug-likeness (QED) is 0.228.